The lowest BCUT2D eigenvalue weighted by Crippen LogP contribution is -2.42. The highest BCUT2D eigenvalue weighted by Gasteiger charge is 2.16. The van der Waals surface area contributed by atoms with Crippen molar-refractivity contribution in [1.82, 2.24) is 10.9 Å². The molecule has 4 nitrogen and oxygen atoms in total. The third-order valence-electron chi connectivity index (χ3n) is 3.09. The molecule has 21 heavy (non-hydrogen) atoms. The summed E-state index contributed by atoms with van der Waals surface area (Å²) in [5.74, 6) is 0. The van der Waals surface area contributed by atoms with Crippen LogP contribution in [0, 0.1) is 0 Å². The molecule has 0 bridgehead atoms. The van der Waals surface area contributed by atoms with E-state index in [9.17, 15) is 4.79 Å². The second-order valence-corrected chi connectivity index (χ2v) is 6.34. The number of aryl methyl sites for hydroxylation is 1. The van der Waals surface area contributed by atoms with Gasteiger partial charge in [0.1, 0.15) is 5.60 Å². The summed E-state index contributed by atoms with van der Waals surface area (Å²) in [4.78, 5) is 11.6. The zero-order chi connectivity index (χ0) is 15.9. The normalized spacial score (nSPS) is 12.8. The van der Waals surface area contributed by atoms with Crippen molar-refractivity contribution in [2.75, 3.05) is 0 Å². The molecule has 1 rings (SSSR count). The smallest absolute Gasteiger partial charge is 0.422 e. The lowest BCUT2D eigenvalue weighted by molar-refractivity contribution is 0.0489. The van der Waals surface area contributed by atoms with Crippen molar-refractivity contribution in [3.05, 3.63) is 35.4 Å². The monoisotopic (exact) mass is 292 g/mol. The first-order valence-electron chi connectivity index (χ1n) is 7.65. The molecule has 2 N–H and O–H groups in total. The van der Waals surface area contributed by atoms with Crippen LogP contribution in [0.4, 0.5) is 4.79 Å². The number of carbonyl (C=O) groups is 1. The molecular weight excluding hydrogens is 264 g/mol. The lowest BCUT2D eigenvalue weighted by atomic mass is 10.0. The molecule has 0 aliphatic rings. The third-order valence-corrected chi connectivity index (χ3v) is 3.09. The van der Waals surface area contributed by atoms with Gasteiger partial charge in [-0.15, -0.1) is 0 Å². The summed E-state index contributed by atoms with van der Waals surface area (Å²) in [6.45, 7) is 9.71. The molecule has 0 fully saturated rings. The summed E-state index contributed by atoms with van der Waals surface area (Å²) in [5, 5.41) is 0. The van der Waals surface area contributed by atoms with Crippen LogP contribution in [0.3, 0.4) is 0 Å². The van der Waals surface area contributed by atoms with Crippen LogP contribution in [0.2, 0.25) is 0 Å². The Balaban J connectivity index is 2.44. The van der Waals surface area contributed by atoms with Crippen LogP contribution in [0.25, 0.3) is 0 Å². The van der Waals surface area contributed by atoms with Gasteiger partial charge in [-0.2, -0.15) is 0 Å². The SMILES string of the molecule is CCCCc1ccc(C(C)NNC(=O)OC(C)(C)C)cc1. The van der Waals surface area contributed by atoms with E-state index in [0.717, 1.165) is 12.0 Å². The highest BCUT2D eigenvalue weighted by molar-refractivity contribution is 5.67. The maximum Gasteiger partial charge on any atom is 0.422 e. The minimum absolute atomic E-state index is 0.0257. The second kappa shape index (κ2) is 8.03. The number of hydrogen-bond acceptors (Lipinski definition) is 3. The highest BCUT2D eigenvalue weighted by atomic mass is 16.6. The Hall–Kier alpha value is -1.55. The van der Waals surface area contributed by atoms with E-state index in [1.54, 1.807) is 0 Å². The topological polar surface area (TPSA) is 50.4 Å². The molecule has 1 atom stereocenters. The van der Waals surface area contributed by atoms with E-state index >= 15 is 0 Å². The predicted octanol–water partition coefficient (Wildman–Crippen LogP) is 4.12. The van der Waals surface area contributed by atoms with Gasteiger partial charge in [-0.3, -0.25) is 5.43 Å². The van der Waals surface area contributed by atoms with Gasteiger partial charge < -0.3 is 4.74 Å². The number of hydrazine groups is 1. The Bertz CT molecular complexity index is 435. The molecule has 0 aliphatic carbocycles. The molecule has 1 aromatic rings. The van der Waals surface area contributed by atoms with E-state index in [1.165, 1.54) is 18.4 Å². The molecule has 118 valence electrons. The molecule has 0 saturated carbocycles. The number of rotatable bonds is 6. The van der Waals surface area contributed by atoms with Crippen molar-refractivity contribution in [2.24, 2.45) is 0 Å². The fourth-order valence-corrected chi connectivity index (χ4v) is 1.91. The van der Waals surface area contributed by atoms with E-state index in [0.29, 0.717) is 0 Å². The molecule has 1 aromatic carbocycles. The van der Waals surface area contributed by atoms with Crippen molar-refractivity contribution in [1.29, 1.82) is 0 Å². The molecular formula is C17H28N2O2. The Morgan fingerprint density at radius 3 is 2.38 bits per heavy atom. The first-order chi connectivity index (χ1) is 9.81. The number of ether oxygens (including phenoxy) is 1. The molecule has 0 spiro atoms. The van der Waals surface area contributed by atoms with E-state index in [1.807, 2.05) is 27.7 Å². The summed E-state index contributed by atoms with van der Waals surface area (Å²) in [6, 6.07) is 8.52. The Morgan fingerprint density at radius 2 is 1.86 bits per heavy atom. The van der Waals surface area contributed by atoms with Crippen molar-refractivity contribution in [2.45, 2.75) is 65.5 Å². The minimum Gasteiger partial charge on any atom is -0.443 e. The number of benzene rings is 1. The summed E-state index contributed by atoms with van der Waals surface area (Å²) in [6.07, 6.45) is 3.08. The number of nitrogens with one attached hydrogen (secondary N) is 2. The second-order valence-electron chi connectivity index (χ2n) is 6.34. The summed E-state index contributed by atoms with van der Waals surface area (Å²) < 4.78 is 5.17. The van der Waals surface area contributed by atoms with Crippen molar-refractivity contribution >= 4 is 6.09 Å². The predicted molar refractivity (Wildman–Crippen MR) is 86.0 cm³/mol. The van der Waals surface area contributed by atoms with Crippen LogP contribution in [0.1, 0.15) is 64.6 Å². The van der Waals surface area contributed by atoms with E-state index in [-0.39, 0.29) is 6.04 Å². The maximum absolute atomic E-state index is 11.6. The quantitative estimate of drug-likeness (QED) is 0.775. The molecule has 1 unspecified atom stereocenters. The number of unbranched alkanes of at least 4 members (excludes halogenated alkanes) is 1. The summed E-state index contributed by atoms with van der Waals surface area (Å²) >= 11 is 0. The minimum atomic E-state index is -0.490. The van der Waals surface area contributed by atoms with Gasteiger partial charge in [0.2, 0.25) is 0 Å². The third kappa shape index (κ3) is 7.14. The first kappa shape index (κ1) is 17.5. The summed E-state index contributed by atoms with van der Waals surface area (Å²) in [5.41, 5.74) is 7.53. The van der Waals surface area contributed by atoms with Crippen LogP contribution < -0.4 is 10.9 Å². The molecule has 1 amide bonds. The van der Waals surface area contributed by atoms with Gasteiger partial charge in [0, 0.05) is 6.04 Å². The van der Waals surface area contributed by atoms with Gasteiger partial charge in [-0.25, -0.2) is 10.2 Å². The lowest BCUT2D eigenvalue weighted by Gasteiger charge is -2.21. The fourth-order valence-electron chi connectivity index (χ4n) is 1.91. The van der Waals surface area contributed by atoms with Crippen molar-refractivity contribution < 1.29 is 9.53 Å². The van der Waals surface area contributed by atoms with Gasteiger partial charge >= 0.3 is 6.09 Å². The van der Waals surface area contributed by atoms with Crippen LogP contribution >= 0.6 is 0 Å². The zero-order valence-corrected chi connectivity index (χ0v) is 13.8. The van der Waals surface area contributed by atoms with Crippen molar-refractivity contribution in [3.8, 4) is 0 Å². The number of hydrogen-bond donors (Lipinski definition) is 2. The highest BCUT2D eigenvalue weighted by Crippen LogP contribution is 2.14. The van der Waals surface area contributed by atoms with E-state index < -0.39 is 11.7 Å². The van der Waals surface area contributed by atoms with Gasteiger partial charge in [0.15, 0.2) is 0 Å². The molecule has 4 heteroatoms. The molecule has 0 aromatic heterocycles. The molecule has 0 heterocycles. The van der Waals surface area contributed by atoms with Gasteiger partial charge in [-0.1, -0.05) is 37.6 Å². The van der Waals surface area contributed by atoms with Gasteiger partial charge in [0.25, 0.3) is 0 Å². The standard InChI is InChI=1S/C17H28N2O2/c1-6-7-8-14-9-11-15(12-10-14)13(2)18-19-16(20)21-17(3,4)5/h9-13,18H,6-8H2,1-5H3,(H,19,20). The maximum atomic E-state index is 11.6. The zero-order valence-electron chi connectivity index (χ0n) is 13.8. The first-order valence-corrected chi connectivity index (χ1v) is 7.65. The Kier molecular flexibility index (Phi) is 6.69. The van der Waals surface area contributed by atoms with Gasteiger partial charge in [0.05, 0.1) is 0 Å². The van der Waals surface area contributed by atoms with Crippen molar-refractivity contribution in [3.63, 3.8) is 0 Å². The van der Waals surface area contributed by atoms with Crippen LogP contribution in [-0.2, 0) is 11.2 Å². The average molecular weight is 292 g/mol. The Labute approximate surface area is 128 Å². The number of carbonyl (C=O) groups excluding carboxylic acids is 1. The van der Waals surface area contributed by atoms with Crippen LogP contribution in [0.5, 0.6) is 0 Å². The van der Waals surface area contributed by atoms with E-state index in [4.69, 9.17) is 4.74 Å². The molecule has 0 radical (unpaired) electrons. The number of amides is 1. The fraction of sp³-hybridized carbons (Fsp3) is 0.588. The van der Waals surface area contributed by atoms with Gasteiger partial charge in [-0.05, 0) is 51.7 Å². The van der Waals surface area contributed by atoms with Crippen LogP contribution in [0.15, 0.2) is 24.3 Å². The molecule has 0 saturated heterocycles. The van der Waals surface area contributed by atoms with Crippen LogP contribution in [-0.4, -0.2) is 11.7 Å². The van der Waals surface area contributed by atoms with E-state index in [2.05, 4.69) is 42.0 Å². The summed E-state index contributed by atoms with van der Waals surface area (Å²) in [7, 11) is 0. The average Bonchev–Trinajstić information content (AvgIpc) is 2.41. The molecule has 0 aliphatic heterocycles. The Morgan fingerprint density at radius 1 is 1.24 bits per heavy atom. The largest absolute Gasteiger partial charge is 0.443 e.